The first-order valence-electron chi connectivity index (χ1n) is 7.24. The van der Waals surface area contributed by atoms with Crippen molar-refractivity contribution in [3.63, 3.8) is 0 Å². The molecule has 2 heteroatoms. The highest BCUT2D eigenvalue weighted by Crippen LogP contribution is 2.40. The molecular formula is C14H25NO. The predicted molar refractivity (Wildman–Crippen MR) is 65.4 cm³/mol. The van der Waals surface area contributed by atoms with Crippen molar-refractivity contribution in [2.24, 2.45) is 17.8 Å². The largest absolute Gasteiger partial charge is 0.381 e. The Labute approximate surface area is 99.1 Å². The maximum atomic E-state index is 5.66. The van der Waals surface area contributed by atoms with Crippen molar-refractivity contribution >= 4 is 0 Å². The normalized spacial score (nSPS) is 40.1. The molecule has 0 aromatic heterocycles. The SMILES string of the molecule is C1COCC(C2CCCC2CNC2CC2)C1. The van der Waals surface area contributed by atoms with Crippen molar-refractivity contribution in [2.45, 2.75) is 51.0 Å². The second-order valence-electron chi connectivity index (χ2n) is 6.01. The molecule has 0 spiro atoms. The van der Waals surface area contributed by atoms with Crippen LogP contribution in [0.4, 0.5) is 0 Å². The molecule has 0 aromatic rings. The summed E-state index contributed by atoms with van der Waals surface area (Å²) in [4.78, 5) is 0. The third-order valence-electron chi connectivity index (χ3n) is 4.76. The van der Waals surface area contributed by atoms with Gasteiger partial charge in [-0.25, -0.2) is 0 Å². The molecule has 3 rings (SSSR count). The van der Waals surface area contributed by atoms with Crippen molar-refractivity contribution in [3.8, 4) is 0 Å². The van der Waals surface area contributed by atoms with E-state index in [1.54, 1.807) is 0 Å². The van der Waals surface area contributed by atoms with Crippen LogP contribution in [0.1, 0.15) is 44.9 Å². The molecule has 0 radical (unpaired) electrons. The minimum absolute atomic E-state index is 0.877. The monoisotopic (exact) mass is 223 g/mol. The number of nitrogens with one attached hydrogen (secondary N) is 1. The third-order valence-corrected chi connectivity index (χ3v) is 4.76. The highest BCUT2D eigenvalue weighted by atomic mass is 16.5. The van der Waals surface area contributed by atoms with E-state index in [1.807, 2.05) is 0 Å². The molecule has 1 saturated heterocycles. The fraction of sp³-hybridized carbons (Fsp3) is 1.00. The summed E-state index contributed by atoms with van der Waals surface area (Å²) in [6, 6.07) is 0.879. The smallest absolute Gasteiger partial charge is 0.0497 e. The molecule has 2 saturated carbocycles. The van der Waals surface area contributed by atoms with Gasteiger partial charge in [-0.2, -0.15) is 0 Å². The first-order valence-corrected chi connectivity index (χ1v) is 7.24. The fourth-order valence-electron chi connectivity index (χ4n) is 3.65. The zero-order chi connectivity index (χ0) is 10.8. The molecular weight excluding hydrogens is 198 g/mol. The summed E-state index contributed by atoms with van der Waals surface area (Å²) in [6.07, 6.45) is 9.94. The van der Waals surface area contributed by atoms with Crippen LogP contribution >= 0.6 is 0 Å². The van der Waals surface area contributed by atoms with Gasteiger partial charge in [-0.3, -0.25) is 0 Å². The number of hydrogen-bond acceptors (Lipinski definition) is 2. The quantitative estimate of drug-likeness (QED) is 0.791. The van der Waals surface area contributed by atoms with Gasteiger partial charge in [-0.05, 0) is 62.8 Å². The van der Waals surface area contributed by atoms with E-state index in [-0.39, 0.29) is 0 Å². The van der Waals surface area contributed by atoms with Gasteiger partial charge >= 0.3 is 0 Å². The summed E-state index contributed by atoms with van der Waals surface area (Å²) >= 11 is 0. The molecule has 1 N–H and O–H groups in total. The maximum absolute atomic E-state index is 5.66. The minimum Gasteiger partial charge on any atom is -0.381 e. The van der Waals surface area contributed by atoms with E-state index in [4.69, 9.17) is 4.74 Å². The minimum atomic E-state index is 0.877. The van der Waals surface area contributed by atoms with E-state index in [1.165, 1.54) is 51.5 Å². The van der Waals surface area contributed by atoms with E-state index in [9.17, 15) is 0 Å². The standard InChI is InChI=1S/C14H25NO/c1-3-11(9-15-13-6-7-13)14(5-1)12-4-2-8-16-10-12/h11-15H,1-10H2. The van der Waals surface area contributed by atoms with Crippen LogP contribution in [0.3, 0.4) is 0 Å². The first kappa shape index (κ1) is 11.0. The molecule has 3 fully saturated rings. The van der Waals surface area contributed by atoms with Gasteiger partial charge in [0.25, 0.3) is 0 Å². The van der Waals surface area contributed by atoms with Gasteiger partial charge in [0.1, 0.15) is 0 Å². The zero-order valence-corrected chi connectivity index (χ0v) is 10.3. The molecule has 0 aromatic carbocycles. The molecule has 3 unspecified atom stereocenters. The van der Waals surface area contributed by atoms with Gasteiger partial charge in [0.2, 0.25) is 0 Å². The van der Waals surface area contributed by atoms with E-state index in [2.05, 4.69) is 5.32 Å². The Morgan fingerprint density at radius 2 is 1.94 bits per heavy atom. The second-order valence-corrected chi connectivity index (χ2v) is 6.01. The van der Waals surface area contributed by atoms with Crippen LogP contribution in [0.5, 0.6) is 0 Å². The van der Waals surface area contributed by atoms with Crippen LogP contribution in [-0.4, -0.2) is 25.8 Å². The van der Waals surface area contributed by atoms with Crippen molar-refractivity contribution in [2.75, 3.05) is 19.8 Å². The van der Waals surface area contributed by atoms with Crippen molar-refractivity contribution < 1.29 is 4.74 Å². The van der Waals surface area contributed by atoms with Gasteiger partial charge < -0.3 is 10.1 Å². The predicted octanol–water partition coefficient (Wildman–Crippen LogP) is 2.58. The van der Waals surface area contributed by atoms with Crippen molar-refractivity contribution in [3.05, 3.63) is 0 Å². The molecule has 0 amide bonds. The van der Waals surface area contributed by atoms with Crippen LogP contribution in [-0.2, 0) is 4.74 Å². The Kier molecular flexibility index (Phi) is 3.49. The third kappa shape index (κ3) is 2.60. The Balaban J connectivity index is 1.50. The average Bonchev–Trinajstić information content (AvgIpc) is 3.05. The number of ether oxygens (including phenoxy) is 1. The number of rotatable bonds is 4. The lowest BCUT2D eigenvalue weighted by atomic mass is 9.81. The van der Waals surface area contributed by atoms with Crippen LogP contribution in [0.15, 0.2) is 0 Å². The zero-order valence-electron chi connectivity index (χ0n) is 10.3. The maximum Gasteiger partial charge on any atom is 0.0497 e. The van der Waals surface area contributed by atoms with E-state index in [0.717, 1.165) is 37.0 Å². The Morgan fingerprint density at radius 1 is 1.00 bits per heavy atom. The Morgan fingerprint density at radius 3 is 2.69 bits per heavy atom. The summed E-state index contributed by atoms with van der Waals surface area (Å²) in [7, 11) is 0. The first-order chi connectivity index (χ1) is 7.93. The van der Waals surface area contributed by atoms with Crippen LogP contribution in [0.25, 0.3) is 0 Å². The van der Waals surface area contributed by atoms with Gasteiger partial charge in [0.05, 0.1) is 0 Å². The summed E-state index contributed by atoms with van der Waals surface area (Å²) in [5, 5.41) is 3.73. The summed E-state index contributed by atoms with van der Waals surface area (Å²) in [5.41, 5.74) is 0. The van der Waals surface area contributed by atoms with Gasteiger partial charge in [-0.15, -0.1) is 0 Å². The summed E-state index contributed by atoms with van der Waals surface area (Å²) < 4.78 is 5.66. The molecule has 16 heavy (non-hydrogen) atoms. The molecule has 0 bridgehead atoms. The van der Waals surface area contributed by atoms with Crippen LogP contribution < -0.4 is 5.32 Å². The van der Waals surface area contributed by atoms with E-state index in [0.29, 0.717) is 0 Å². The highest BCUT2D eigenvalue weighted by molar-refractivity contribution is 4.88. The van der Waals surface area contributed by atoms with E-state index >= 15 is 0 Å². The molecule has 3 atom stereocenters. The Hall–Kier alpha value is -0.0800. The topological polar surface area (TPSA) is 21.3 Å². The van der Waals surface area contributed by atoms with Crippen molar-refractivity contribution in [1.82, 2.24) is 5.32 Å². The molecule has 92 valence electrons. The Bertz CT molecular complexity index is 221. The highest BCUT2D eigenvalue weighted by Gasteiger charge is 2.35. The fourth-order valence-corrected chi connectivity index (χ4v) is 3.65. The lowest BCUT2D eigenvalue weighted by Gasteiger charge is -2.31. The average molecular weight is 223 g/mol. The summed E-state index contributed by atoms with van der Waals surface area (Å²) in [5.74, 6) is 2.79. The van der Waals surface area contributed by atoms with Crippen LogP contribution in [0.2, 0.25) is 0 Å². The van der Waals surface area contributed by atoms with Crippen molar-refractivity contribution in [1.29, 1.82) is 0 Å². The molecule has 1 heterocycles. The van der Waals surface area contributed by atoms with Crippen LogP contribution in [0, 0.1) is 17.8 Å². The number of hydrogen-bond donors (Lipinski definition) is 1. The molecule has 1 aliphatic heterocycles. The molecule has 2 aliphatic carbocycles. The second kappa shape index (κ2) is 5.05. The van der Waals surface area contributed by atoms with Gasteiger partial charge in [0, 0.05) is 19.3 Å². The van der Waals surface area contributed by atoms with E-state index < -0.39 is 0 Å². The van der Waals surface area contributed by atoms with Gasteiger partial charge in [-0.1, -0.05) is 6.42 Å². The lowest BCUT2D eigenvalue weighted by Crippen LogP contribution is -2.33. The molecule has 2 nitrogen and oxygen atoms in total. The summed E-state index contributed by atoms with van der Waals surface area (Å²) in [6.45, 7) is 3.34. The van der Waals surface area contributed by atoms with Gasteiger partial charge in [0.15, 0.2) is 0 Å². The lowest BCUT2D eigenvalue weighted by molar-refractivity contribution is 0.0221. The molecule has 3 aliphatic rings.